The molecule has 0 aromatic heterocycles. The molecule has 0 radical (unpaired) electrons. The standard InChI is InChI=1S/C14H28N2O/c1-16(14-8-11-17-12-14)10-9-15-13-6-4-2-3-5-7-13/h13-15H,2-12H2,1H3. The third kappa shape index (κ3) is 4.57. The molecule has 1 atom stereocenters. The molecule has 0 spiro atoms. The fourth-order valence-corrected chi connectivity index (χ4v) is 2.98. The first-order chi connectivity index (χ1) is 8.36. The van der Waals surface area contributed by atoms with E-state index in [1.807, 2.05) is 0 Å². The van der Waals surface area contributed by atoms with Gasteiger partial charge in [-0.1, -0.05) is 25.7 Å². The van der Waals surface area contributed by atoms with Crippen molar-refractivity contribution in [1.29, 1.82) is 0 Å². The first kappa shape index (κ1) is 13.3. The van der Waals surface area contributed by atoms with Gasteiger partial charge in [-0.05, 0) is 26.3 Å². The molecule has 0 aromatic carbocycles. The van der Waals surface area contributed by atoms with Crippen LogP contribution >= 0.6 is 0 Å². The minimum atomic E-state index is 0.658. The van der Waals surface area contributed by atoms with Crippen molar-refractivity contribution in [3.8, 4) is 0 Å². The highest BCUT2D eigenvalue weighted by molar-refractivity contribution is 4.75. The molecular formula is C14H28N2O. The molecule has 1 aliphatic carbocycles. The lowest BCUT2D eigenvalue weighted by Crippen LogP contribution is -2.40. The van der Waals surface area contributed by atoms with E-state index in [4.69, 9.17) is 4.74 Å². The molecule has 0 aromatic rings. The molecule has 0 bridgehead atoms. The molecule has 1 N–H and O–H groups in total. The van der Waals surface area contributed by atoms with Crippen LogP contribution < -0.4 is 5.32 Å². The first-order valence-electron chi connectivity index (χ1n) is 7.37. The Hall–Kier alpha value is -0.120. The van der Waals surface area contributed by atoms with Crippen LogP contribution in [0.25, 0.3) is 0 Å². The van der Waals surface area contributed by atoms with Gasteiger partial charge in [0.05, 0.1) is 6.61 Å². The molecule has 1 saturated heterocycles. The number of rotatable bonds is 5. The summed E-state index contributed by atoms with van der Waals surface area (Å²) in [6.45, 7) is 4.17. The SMILES string of the molecule is CN(CCNC1CCCCCC1)C1CCOC1. The number of hydrogen-bond acceptors (Lipinski definition) is 3. The lowest BCUT2D eigenvalue weighted by atomic mass is 10.1. The van der Waals surface area contributed by atoms with Crippen LogP contribution in [0.4, 0.5) is 0 Å². The summed E-state index contributed by atoms with van der Waals surface area (Å²) in [4.78, 5) is 2.46. The Morgan fingerprint density at radius 2 is 1.88 bits per heavy atom. The van der Waals surface area contributed by atoms with Gasteiger partial charge in [0.15, 0.2) is 0 Å². The average molecular weight is 240 g/mol. The van der Waals surface area contributed by atoms with Crippen LogP contribution in [0, 0.1) is 0 Å². The number of hydrogen-bond donors (Lipinski definition) is 1. The fourth-order valence-electron chi connectivity index (χ4n) is 2.98. The first-order valence-corrected chi connectivity index (χ1v) is 7.37. The van der Waals surface area contributed by atoms with E-state index >= 15 is 0 Å². The van der Waals surface area contributed by atoms with E-state index < -0.39 is 0 Å². The van der Waals surface area contributed by atoms with Crippen LogP contribution in [0.2, 0.25) is 0 Å². The third-order valence-corrected chi connectivity index (χ3v) is 4.28. The van der Waals surface area contributed by atoms with Crippen LogP contribution in [0.1, 0.15) is 44.9 Å². The van der Waals surface area contributed by atoms with Crippen molar-refractivity contribution in [1.82, 2.24) is 10.2 Å². The summed E-state index contributed by atoms with van der Waals surface area (Å²) in [5.74, 6) is 0. The summed E-state index contributed by atoms with van der Waals surface area (Å²) in [5, 5.41) is 3.73. The fraction of sp³-hybridized carbons (Fsp3) is 1.00. The molecule has 2 fully saturated rings. The minimum absolute atomic E-state index is 0.658. The highest BCUT2D eigenvalue weighted by Gasteiger charge is 2.20. The molecule has 17 heavy (non-hydrogen) atoms. The predicted octanol–water partition coefficient (Wildman–Crippen LogP) is 2.02. The van der Waals surface area contributed by atoms with Crippen molar-refractivity contribution in [2.75, 3.05) is 33.4 Å². The van der Waals surface area contributed by atoms with Crippen LogP contribution in [-0.4, -0.2) is 50.3 Å². The van der Waals surface area contributed by atoms with Gasteiger partial charge in [0.1, 0.15) is 0 Å². The van der Waals surface area contributed by atoms with Gasteiger partial charge in [-0.15, -0.1) is 0 Å². The van der Waals surface area contributed by atoms with Gasteiger partial charge in [0.2, 0.25) is 0 Å². The van der Waals surface area contributed by atoms with E-state index in [1.54, 1.807) is 0 Å². The van der Waals surface area contributed by atoms with Gasteiger partial charge in [-0.25, -0.2) is 0 Å². The van der Waals surface area contributed by atoms with Gasteiger partial charge < -0.3 is 10.1 Å². The molecule has 1 heterocycles. The monoisotopic (exact) mass is 240 g/mol. The summed E-state index contributed by atoms with van der Waals surface area (Å²) >= 11 is 0. The van der Waals surface area contributed by atoms with Gasteiger partial charge in [-0.3, -0.25) is 4.90 Å². The second-order valence-corrected chi connectivity index (χ2v) is 5.64. The van der Waals surface area contributed by atoms with Crippen LogP contribution in [-0.2, 0) is 4.74 Å². The predicted molar refractivity (Wildman–Crippen MR) is 71.3 cm³/mol. The molecule has 3 nitrogen and oxygen atoms in total. The van der Waals surface area contributed by atoms with E-state index in [-0.39, 0.29) is 0 Å². The molecule has 1 aliphatic heterocycles. The van der Waals surface area contributed by atoms with Gasteiger partial charge in [-0.2, -0.15) is 0 Å². The largest absolute Gasteiger partial charge is 0.380 e. The zero-order valence-corrected chi connectivity index (χ0v) is 11.3. The number of nitrogens with zero attached hydrogens (tertiary/aromatic N) is 1. The van der Waals surface area contributed by atoms with Crippen molar-refractivity contribution < 1.29 is 4.74 Å². The molecule has 100 valence electrons. The Labute approximate surface area is 106 Å². The number of likely N-dealkylation sites (N-methyl/N-ethyl adjacent to an activating group) is 1. The van der Waals surface area contributed by atoms with Gasteiger partial charge in [0, 0.05) is 31.8 Å². The van der Waals surface area contributed by atoms with Crippen molar-refractivity contribution in [3.63, 3.8) is 0 Å². The van der Waals surface area contributed by atoms with Gasteiger partial charge in [0.25, 0.3) is 0 Å². The normalized spacial score (nSPS) is 27.5. The van der Waals surface area contributed by atoms with Crippen LogP contribution in [0.3, 0.4) is 0 Å². The van der Waals surface area contributed by atoms with Crippen molar-refractivity contribution in [3.05, 3.63) is 0 Å². The highest BCUT2D eigenvalue weighted by Crippen LogP contribution is 2.17. The Morgan fingerprint density at radius 3 is 2.53 bits per heavy atom. The second-order valence-electron chi connectivity index (χ2n) is 5.64. The van der Waals surface area contributed by atoms with E-state index in [0.717, 1.165) is 32.3 Å². The molecule has 1 saturated carbocycles. The molecule has 3 heteroatoms. The van der Waals surface area contributed by atoms with E-state index in [9.17, 15) is 0 Å². The van der Waals surface area contributed by atoms with E-state index in [1.165, 1.54) is 44.9 Å². The maximum atomic E-state index is 5.43. The molecule has 2 aliphatic rings. The maximum Gasteiger partial charge on any atom is 0.0622 e. The second kappa shape index (κ2) is 7.34. The van der Waals surface area contributed by atoms with Crippen molar-refractivity contribution in [2.24, 2.45) is 0 Å². The number of ether oxygens (including phenoxy) is 1. The van der Waals surface area contributed by atoms with E-state index in [0.29, 0.717) is 6.04 Å². The summed E-state index contributed by atoms with van der Waals surface area (Å²) in [7, 11) is 2.23. The Bertz CT molecular complexity index is 194. The zero-order chi connectivity index (χ0) is 11.9. The number of nitrogens with one attached hydrogen (secondary N) is 1. The highest BCUT2D eigenvalue weighted by atomic mass is 16.5. The summed E-state index contributed by atoms with van der Waals surface area (Å²) in [6, 6.07) is 1.44. The topological polar surface area (TPSA) is 24.5 Å². The summed E-state index contributed by atoms with van der Waals surface area (Å²) in [5.41, 5.74) is 0. The Balaban J connectivity index is 1.57. The zero-order valence-electron chi connectivity index (χ0n) is 11.3. The Kier molecular flexibility index (Phi) is 5.75. The summed E-state index contributed by atoms with van der Waals surface area (Å²) in [6.07, 6.45) is 9.70. The lowest BCUT2D eigenvalue weighted by Gasteiger charge is -2.24. The van der Waals surface area contributed by atoms with Crippen LogP contribution in [0.15, 0.2) is 0 Å². The minimum Gasteiger partial charge on any atom is -0.380 e. The van der Waals surface area contributed by atoms with Crippen molar-refractivity contribution in [2.45, 2.75) is 57.0 Å². The molecular weight excluding hydrogens is 212 g/mol. The molecule has 0 amide bonds. The van der Waals surface area contributed by atoms with E-state index in [2.05, 4.69) is 17.3 Å². The average Bonchev–Trinajstić information content (AvgIpc) is 2.75. The molecule has 1 unspecified atom stereocenters. The maximum absolute atomic E-state index is 5.43. The third-order valence-electron chi connectivity index (χ3n) is 4.28. The van der Waals surface area contributed by atoms with Gasteiger partial charge >= 0.3 is 0 Å². The Morgan fingerprint density at radius 1 is 1.12 bits per heavy atom. The van der Waals surface area contributed by atoms with Crippen LogP contribution in [0.5, 0.6) is 0 Å². The summed E-state index contributed by atoms with van der Waals surface area (Å²) < 4.78 is 5.43. The lowest BCUT2D eigenvalue weighted by molar-refractivity contribution is 0.159. The molecule has 2 rings (SSSR count). The smallest absolute Gasteiger partial charge is 0.0622 e. The quantitative estimate of drug-likeness (QED) is 0.744. The van der Waals surface area contributed by atoms with Crippen molar-refractivity contribution >= 4 is 0 Å².